The van der Waals surface area contributed by atoms with Crippen molar-refractivity contribution in [3.05, 3.63) is 52.3 Å². The number of hydrogen-bond acceptors (Lipinski definition) is 4. The smallest absolute Gasteiger partial charge is 0.417 e. The minimum absolute atomic E-state index is 0.0411. The van der Waals surface area contributed by atoms with E-state index in [1.54, 1.807) is 18.2 Å². The molecule has 0 aliphatic heterocycles. The van der Waals surface area contributed by atoms with Gasteiger partial charge in [0.1, 0.15) is 5.92 Å². The Labute approximate surface area is 141 Å². The molecular formula is C16H12ClF3N2O2. The molecule has 24 heavy (non-hydrogen) atoms. The molecule has 1 atom stereocenters. The minimum atomic E-state index is -4.55. The fourth-order valence-electron chi connectivity index (χ4n) is 2.14. The van der Waals surface area contributed by atoms with E-state index in [-0.39, 0.29) is 10.7 Å². The summed E-state index contributed by atoms with van der Waals surface area (Å²) in [6.07, 6.45) is -3.90. The molecule has 8 heteroatoms. The number of benzene rings is 1. The maximum absolute atomic E-state index is 12.7. The standard InChI is InChI=1S/C16H12ClF3N2O2/c1-23-13-4-3-9(5-14(13)24-2)11(7-21)15-12(17)6-10(8-22-15)16(18,19)20/h3-6,8,11H,1-2H3/t11-/m0/s1. The van der Waals surface area contributed by atoms with Crippen LogP contribution in [0.15, 0.2) is 30.5 Å². The number of ether oxygens (including phenoxy) is 2. The Hall–Kier alpha value is -2.46. The molecule has 2 rings (SSSR count). The topological polar surface area (TPSA) is 55.1 Å². The van der Waals surface area contributed by atoms with Crippen LogP contribution in [0.3, 0.4) is 0 Å². The van der Waals surface area contributed by atoms with Crippen molar-refractivity contribution in [1.82, 2.24) is 4.98 Å². The second-order valence-corrected chi connectivity index (χ2v) is 5.17. The Bertz CT molecular complexity index is 788. The van der Waals surface area contributed by atoms with E-state index in [0.717, 1.165) is 6.07 Å². The first-order valence-corrected chi connectivity index (χ1v) is 7.03. The van der Waals surface area contributed by atoms with Crippen LogP contribution in [0.25, 0.3) is 0 Å². The van der Waals surface area contributed by atoms with E-state index in [4.69, 9.17) is 21.1 Å². The van der Waals surface area contributed by atoms with E-state index in [1.165, 1.54) is 14.2 Å². The highest BCUT2D eigenvalue weighted by molar-refractivity contribution is 6.31. The second-order valence-electron chi connectivity index (χ2n) is 4.77. The third kappa shape index (κ3) is 3.54. The van der Waals surface area contributed by atoms with Crippen LogP contribution < -0.4 is 9.47 Å². The average Bonchev–Trinajstić information content (AvgIpc) is 2.55. The molecule has 0 radical (unpaired) electrons. The zero-order chi connectivity index (χ0) is 17.9. The molecule has 0 spiro atoms. The van der Waals surface area contributed by atoms with Gasteiger partial charge in [0, 0.05) is 6.20 Å². The van der Waals surface area contributed by atoms with Gasteiger partial charge in [0.05, 0.1) is 36.6 Å². The van der Waals surface area contributed by atoms with Gasteiger partial charge in [-0.25, -0.2) is 0 Å². The number of alkyl halides is 3. The summed E-state index contributed by atoms with van der Waals surface area (Å²) in [5, 5.41) is 9.20. The van der Waals surface area contributed by atoms with Crippen molar-refractivity contribution in [2.75, 3.05) is 14.2 Å². The summed E-state index contributed by atoms with van der Waals surface area (Å²) in [7, 11) is 2.90. The number of nitriles is 1. The summed E-state index contributed by atoms with van der Waals surface area (Å²) in [5.74, 6) is -0.0951. The highest BCUT2D eigenvalue weighted by Gasteiger charge is 2.32. The third-order valence-electron chi connectivity index (χ3n) is 3.34. The van der Waals surface area contributed by atoms with Crippen LogP contribution in [0.4, 0.5) is 13.2 Å². The number of rotatable bonds is 4. The maximum atomic E-state index is 12.7. The summed E-state index contributed by atoms with van der Waals surface area (Å²) in [6, 6.07) is 7.51. The predicted molar refractivity (Wildman–Crippen MR) is 81.3 cm³/mol. The van der Waals surface area contributed by atoms with Crippen molar-refractivity contribution in [2.24, 2.45) is 0 Å². The van der Waals surface area contributed by atoms with E-state index in [9.17, 15) is 18.4 Å². The number of pyridine rings is 1. The molecule has 1 aromatic carbocycles. The largest absolute Gasteiger partial charge is 0.493 e. The summed E-state index contributed by atoms with van der Waals surface area (Å²) in [4.78, 5) is 3.74. The van der Waals surface area contributed by atoms with Gasteiger partial charge in [0.2, 0.25) is 0 Å². The molecule has 0 unspecified atom stereocenters. The summed E-state index contributed by atoms with van der Waals surface area (Å²) < 4.78 is 48.4. The van der Waals surface area contributed by atoms with Crippen LogP contribution >= 0.6 is 11.6 Å². The first-order chi connectivity index (χ1) is 11.3. The quantitative estimate of drug-likeness (QED) is 0.813. The molecule has 0 fully saturated rings. The number of halogens is 4. The molecule has 0 saturated carbocycles. The van der Waals surface area contributed by atoms with Gasteiger partial charge in [-0.3, -0.25) is 4.98 Å². The van der Waals surface area contributed by atoms with E-state index >= 15 is 0 Å². The Morgan fingerprint density at radius 2 is 1.83 bits per heavy atom. The average molecular weight is 357 g/mol. The monoisotopic (exact) mass is 356 g/mol. The van der Waals surface area contributed by atoms with Crippen molar-refractivity contribution in [3.63, 3.8) is 0 Å². The van der Waals surface area contributed by atoms with E-state index < -0.39 is 17.7 Å². The van der Waals surface area contributed by atoms with Gasteiger partial charge in [-0.2, -0.15) is 18.4 Å². The number of methoxy groups -OCH3 is 2. The highest BCUT2D eigenvalue weighted by Crippen LogP contribution is 2.36. The van der Waals surface area contributed by atoms with Crippen molar-refractivity contribution >= 4 is 11.6 Å². The SMILES string of the molecule is COc1ccc([C@H](C#N)c2ncc(C(F)(F)F)cc2Cl)cc1OC. The zero-order valence-corrected chi connectivity index (χ0v) is 13.4. The minimum Gasteiger partial charge on any atom is -0.493 e. The van der Waals surface area contributed by atoms with Crippen molar-refractivity contribution < 1.29 is 22.6 Å². The molecule has 126 valence electrons. The Kier molecular flexibility index (Phi) is 5.20. The van der Waals surface area contributed by atoms with Crippen LogP contribution in [-0.4, -0.2) is 19.2 Å². The molecule has 0 aliphatic carbocycles. The van der Waals surface area contributed by atoms with Gasteiger partial charge in [-0.1, -0.05) is 17.7 Å². The molecule has 1 heterocycles. The number of aromatic nitrogens is 1. The van der Waals surface area contributed by atoms with Gasteiger partial charge >= 0.3 is 6.18 Å². The molecular weight excluding hydrogens is 345 g/mol. The van der Waals surface area contributed by atoms with Gasteiger partial charge in [0.15, 0.2) is 11.5 Å². The third-order valence-corrected chi connectivity index (χ3v) is 3.64. The van der Waals surface area contributed by atoms with Crippen molar-refractivity contribution in [2.45, 2.75) is 12.1 Å². The van der Waals surface area contributed by atoms with Gasteiger partial charge in [0.25, 0.3) is 0 Å². The van der Waals surface area contributed by atoms with E-state index in [0.29, 0.717) is 23.3 Å². The summed E-state index contributed by atoms with van der Waals surface area (Å²) >= 11 is 5.92. The number of nitrogens with zero attached hydrogens (tertiary/aromatic N) is 2. The molecule has 0 N–H and O–H groups in total. The zero-order valence-electron chi connectivity index (χ0n) is 12.7. The normalized spacial score (nSPS) is 12.4. The fraction of sp³-hybridized carbons (Fsp3) is 0.250. The molecule has 0 amide bonds. The maximum Gasteiger partial charge on any atom is 0.417 e. The lowest BCUT2D eigenvalue weighted by molar-refractivity contribution is -0.137. The molecule has 2 aromatic rings. The fourth-order valence-corrected chi connectivity index (χ4v) is 2.42. The first-order valence-electron chi connectivity index (χ1n) is 6.66. The highest BCUT2D eigenvalue weighted by atomic mass is 35.5. The molecule has 0 saturated heterocycles. The summed E-state index contributed by atoms with van der Waals surface area (Å²) in [5.41, 5.74) is -0.455. The van der Waals surface area contributed by atoms with Crippen LogP contribution in [0, 0.1) is 11.3 Å². The van der Waals surface area contributed by atoms with Crippen molar-refractivity contribution in [1.29, 1.82) is 5.26 Å². The molecule has 1 aromatic heterocycles. The number of hydrogen-bond donors (Lipinski definition) is 0. The first kappa shape index (κ1) is 17.9. The van der Waals surface area contributed by atoms with Gasteiger partial charge in [-0.15, -0.1) is 0 Å². The Morgan fingerprint density at radius 3 is 2.33 bits per heavy atom. The Balaban J connectivity index is 2.48. The second kappa shape index (κ2) is 6.97. The van der Waals surface area contributed by atoms with Crippen LogP contribution in [-0.2, 0) is 6.18 Å². The molecule has 4 nitrogen and oxygen atoms in total. The van der Waals surface area contributed by atoms with Crippen LogP contribution in [0.1, 0.15) is 22.7 Å². The lowest BCUT2D eigenvalue weighted by Gasteiger charge is -2.15. The predicted octanol–water partition coefficient (Wildman–Crippen LogP) is 4.43. The van der Waals surface area contributed by atoms with Gasteiger partial charge < -0.3 is 9.47 Å². The molecule has 0 aliphatic rings. The van der Waals surface area contributed by atoms with E-state index in [2.05, 4.69) is 4.98 Å². The lowest BCUT2D eigenvalue weighted by Crippen LogP contribution is -2.09. The van der Waals surface area contributed by atoms with Crippen LogP contribution in [0.5, 0.6) is 11.5 Å². The lowest BCUT2D eigenvalue weighted by atomic mass is 9.95. The van der Waals surface area contributed by atoms with E-state index in [1.807, 2.05) is 6.07 Å². The Morgan fingerprint density at radius 1 is 1.17 bits per heavy atom. The summed E-state index contributed by atoms with van der Waals surface area (Å²) in [6.45, 7) is 0. The van der Waals surface area contributed by atoms with Crippen molar-refractivity contribution in [3.8, 4) is 17.6 Å². The van der Waals surface area contributed by atoms with Gasteiger partial charge in [-0.05, 0) is 23.8 Å². The molecule has 0 bridgehead atoms. The van der Waals surface area contributed by atoms with Crippen LogP contribution in [0.2, 0.25) is 5.02 Å².